The SMILES string of the molecule is CC1=C(C(=O)c2cccnc2)CCN1C. The molecule has 1 aromatic heterocycles. The van der Waals surface area contributed by atoms with Gasteiger partial charge in [0.05, 0.1) is 0 Å². The molecular formula is C12H14N2O. The van der Waals surface area contributed by atoms with Crippen LogP contribution in [-0.2, 0) is 0 Å². The first-order valence-corrected chi connectivity index (χ1v) is 5.06. The minimum absolute atomic E-state index is 0.116. The van der Waals surface area contributed by atoms with Crippen LogP contribution in [0, 0.1) is 0 Å². The molecule has 0 fully saturated rings. The summed E-state index contributed by atoms with van der Waals surface area (Å²) in [7, 11) is 2.01. The predicted octanol–water partition coefficient (Wildman–Crippen LogP) is 1.87. The fourth-order valence-electron chi connectivity index (χ4n) is 1.81. The van der Waals surface area contributed by atoms with Crippen LogP contribution < -0.4 is 0 Å². The Morgan fingerprint density at radius 3 is 2.87 bits per heavy atom. The number of nitrogens with zero attached hydrogens (tertiary/aromatic N) is 2. The number of allylic oxidation sites excluding steroid dienone is 1. The molecule has 0 N–H and O–H groups in total. The Labute approximate surface area is 89.4 Å². The Kier molecular flexibility index (Phi) is 2.54. The van der Waals surface area contributed by atoms with E-state index in [1.54, 1.807) is 18.5 Å². The van der Waals surface area contributed by atoms with E-state index in [0.29, 0.717) is 5.56 Å². The summed E-state index contributed by atoms with van der Waals surface area (Å²) >= 11 is 0. The molecule has 0 bridgehead atoms. The van der Waals surface area contributed by atoms with Crippen molar-refractivity contribution >= 4 is 5.78 Å². The zero-order valence-electron chi connectivity index (χ0n) is 9.03. The van der Waals surface area contributed by atoms with Crippen LogP contribution in [0.15, 0.2) is 35.8 Å². The third-order valence-corrected chi connectivity index (χ3v) is 2.90. The minimum Gasteiger partial charge on any atom is -0.377 e. The lowest BCUT2D eigenvalue weighted by atomic mass is 10.0. The molecule has 0 amide bonds. The van der Waals surface area contributed by atoms with Crippen LogP contribution in [0.25, 0.3) is 0 Å². The number of hydrogen-bond acceptors (Lipinski definition) is 3. The van der Waals surface area contributed by atoms with Gasteiger partial charge in [0.25, 0.3) is 0 Å². The summed E-state index contributed by atoms with van der Waals surface area (Å²) in [5.41, 5.74) is 2.69. The number of aromatic nitrogens is 1. The Balaban J connectivity index is 2.31. The number of pyridine rings is 1. The minimum atomic E-state index is 0.116. The molecule has 3 nitrogen and oxygen atoms in total. The van der Waals surface area contributed by atoms with Crippen LogP contribution in [0.1, 0.15) is 23.7 Å². The maximum atomic E-state index is 12.1. The first-order valence-electron chi connectivity index (χ1n) is 5.06. The van der Waals surface area contributed by atoms with E-state index in [9.17, 15) is 4.79 Å². The highest BCUT2D eigenvalue weighted by molar-refractivity contribution is 6.09. The third-order valence-electron chi connectivity index (χ3n) is 2.90. The number of ketones is 1. The quantitative estimate of drug-likeness (QED) is 0.686. The first kappa shape index (κ1) is 9.90. The standard InChI is InChI=1S/C12H14N2O/c1-9-11(5-7-14(9)2)12(15)10-4-3-6-13-8-10/h3-4,6,8H,5,7H2,1-2H3. The molecule has 2 rings (SSSR count). The molecule has 0 unspecified atom stereocenters. The maximum absolute atomic E-state index is 12.1. The molecule has 0 atom stereocenters. The number of carbonyl (C=O) groups excluding carboxylic acids is 1. The highest BCUT2D eigenvalue weighted by atomic mass is 16.1. The van der Waals surface area contributed by atoms with E-state index in [2.05, 4.69) is 9.88 Å². The van der Waals surface area contributed by atoms with Gasteiger partial charge in [-0.05, 0) is 25.5 Å². The van der Waals surface area contributed by atoms with E-state index in [1.165, 1.54) is 0 Å². The average Bonchev–Trinajstić information content (AvgIpc) is 2.60. The van der Waals surface area contributed by atoms with Gasteiger partial charge in [-0.25, -0.2) is 0 Å². The molecule has 0 saturated carbocycles. The van der Waals surface area contributed by atoms with E-state index in [1.807, 2.05) is 20.0 Å². The Morgan fingerprint density at radius 1 is 1.53 bits per heavy atom. The highest BCUT2D eigenvalue weighted by Gasteiger charge is 2.22. The third kappa shape index (κ3) is 1.77. The molecule has 1 aromatic rings. The summed E-state index contributed by atoms with van der Waals surface area (Å²) in [4.78, 5) is 18.2. The Bertz CT molecular complexity index is 409. The lowest BCUT2D eigenvalue weighted by molar-refractivity contribution is 0.103. The van der Waals surface area contributed by atoms with Crippen LogP contribution in [0.2, 0.25) is 0 Å². The summed E-state index contributed by atoms with van der Waals surface area (Å²) in [6, 6.07) is 3.61. The second-order valence-corrected chi connectivity index (χ2v) is 3.81. The van der Waals surface area contributed by atoms with E-state index in [4.69, 9.17) is 0 Å². The van der Waals surface area contributed by atoms with Crippen molar-refractivity contribution in [2.75, 3.05) is 13.6 Å². The molecule has 0 spiro atoms. The van der Waals surface area contributed by atoms with Crippen molar-refractivity contribution in [3.63, 3.8) is 0 Å². The van der Waals surface area contributed by atoms with Gasteiger partial charge in [0.2, 0.25) is 0 Å². The maximum Gasteiger partial charge on any atom is 0.192 e. The number of carbonyl (C=O) groups is 1. The normalized spacial score (nSPS) is 16.0. The number of Topliss-reactive ketones (excluding diaryl/α,β-unsaturated/α-hetero) is 1. The first-order chi connectivity index (χ1) is 7.20. The lowest BCUT2D eigenvalue weighted by Gasteiger charge is -2.11. The molecule has 1 aliphatic heterocycles. The van der Waals surface area contributed by atoms with E-state index < -0.39 is 0 Å². The summed E-state index contributed by atoms with van der Waals surface area (Å²) in [6.07, 6.45) is 4.15. The molecule has 0 aromatic carbocycles. The van der Waals surface area contributed by atoms with Gasteiger partial charge in [-0.3, -0.25) is 9.78 Å². The zero-order chi connectivity index (χ0) is 10.8. The lowest BCUT2D eigenvalue weighted by Crippen LogP contribution is -2.10. The summed E-state index contributed by atoms with van der Waals surface area (Å²) in [6.45, 7) is 2.93. The van der Waals surface area contributed by atoms with Crippen molar-refractivity contribution in [2.24, 2.45) is 0 Å². The summed E-state index contributed by atoms with van der Waals surface area (Å²) < 4.78 is 0. The van der Waals surface area contributed by atoms with Gasteiger partial charge in [0.15, 0.2) is 5.78 Å². The van der Waals surface area contributed by atoms with Crippen molar-refractivity contribution < 1.29 is 4.79 Å². The van der Waals surface area contributed by atoms with Gasteiger partial charge < -0.3 is 4.90 Å². The van der Waals surface area contributed by atoms with E-state index in [-0.39, 0.29) is 5.78 Å². The van der Waals surface area contributed by atoms with E-state index >= 15 is 0 Å². The fourth-order valence-corrected chi connectivity index (χ4v) is 1.81. The van der Waals surface area contributed by atoms with Crippen molar-refractivity contribution in [3.8, 4) is 0 Å². The molecule has 78 valence electrons. The van der Waals surface area contributed by atoms with Gasteiger partial charge in [-0.2, -0.15) is 0 Å². The van der Waals surface area contributed by atoms with Gasteiger partial charge in [0.1, 0.15) is 0 Å². The van der Waals surface area contributed by atoms with Crippen LogP contribution in [-0.4, -0.2) is 29.3 Å². The molecule has 0 aliphatic carbocycles. The monoisotopic (exact) mass is 202 g/mol. The molecule has 0 saturated heterocycles. The Hall–Kier alpha value is -1.64. The van der Waals surface area contributed by atoms with Crippen molar-refractivity contribution in [1.82, 2.24) is 9.88 Å². The van der Waals surface area contributed by atoms with Crippen LogP contribution >= 0.6 is 0 Å². The van der Waals surface area contributed by atoms with Crippen molar-refractivity contribution in [2.45, 2.75) is 13.3 Å². The molecule has 1 aliphatic rings. The molecule has 2 heterocycles. The van der Waals surface area contributed by atoms with Crippen molar-refractivity contribution in [3.05, 3.63) is 41.4 Å². The molecule has 3 heteroatoms. The van der Waals surface area contributed by atoms with Crippen LogP contribution in [0.4, 0.5) is 0 Å². The van der Waals surface area contributed by atoms with Crippen molar-refractivity contribution in [1.29, 1.82) is 0 Å². The smallest absolute Gasteiger partial charge is 0.192 e. The highest BCUT2D eigenvalue weighted by Crippen LogP contribution is 2.23. The largest absolute Gasteiger partial charge is 0.377 e. The van der Waals surface area contributed by atoms with Gasteiger partial charge in [-0.1, -0.05) is 0 Å². The molecular weight excluding hydrogens is 188 g/mol. The van der Waals surface area contributed by atoms with Gasteiger partial charge >= 0.3 is 0 Å². The van der Waals surface area contributed by atoms with Gasteiger partial charge in [-0.15, -0.1) is 0 Å². The number of hydrogen-bond donors (Lipinski definition) is 0. The summed E-state index contributed by atoms with van der Waals surface area (Å²) in [5.74, 6) is 0.116. The zero-order valence-corrected chi connectivity index (χ0v) is 9.03. The summed E-state index contributed by atoms with van der Waals surface area (Å²) in [5, 5.41) is 0. The van der Waals surface area contributed by atoms with Crippen LogP contribution in [0.3, 0.4) is 0 Å². The molecule has 15 heavy (non-hydrogen) atoms. The predicted molar refractivity (Wildman–Crippen MR) is 58.5 cm³/mol. The average molecular weight is 202 g/mol. The van der Waals surface area contributed by atoms with Crippen LogP contribution in [0.5, 0.6) is 0 Å². The topological polar surface area (TPSA) is 33.2 Å². The van der Waals surface area contributed by atoms with E-state index in [0.717, 1.165) is 24.2 Å². The fraction of sp³-hybridized carbons (Fsp3) is 0.333. The molecule has 0 radical (unpaired) electrons. The Morgan fingerprint density at radius 2 is 2.33 bits per heavy atom. The second-order valence-electron chi connectivity index (χ2n) is 3.81. The number of rotatable bonds is 2. The second kappa shape index (κ2) is 3.85. The van der Waals surface area contributed by atoms with Gasteiger partial charge in [0, 0.05) is 42.8 Å².